The van der Waals surface area contributed by atoms with Gasteiger partial charge in [-0.3, -0.25) is 4.79 Å². The van der Waals surface area contributed by atoms with Crippen LogP contribution in [-0.4, -0.2) is 26.1 Å². The molecule has 1 amide bonds. The third kappa shape index (κ3) is 3.32. The number of rotatable bonds is 5. The van der Waals surface area contributed by atoms with E-state index >= 15 is 0 Å². The molecular weight excluding hydrogens is 286 g/mol. The Labute approximate surface area is 125 Å². The third-order valence-electron chi connectivity index (χ3n) is 2.98. The van der Waals surface area contributed by atoms with Crippen LogP contribution in [0, 0.1) is 0 Å². The first kappa shape index (κ1) is 13.4. The van der Waals surface area contributed by atoms with E-state index < -0.39 is 0 Å². The van der Waals surface area contributed by atoms with Gasteiger partial charge < -0.3 is 4.90 Å². The Balaban J connectivity index is 1.83. The van der Waals surface area contributed by atoms with E-state index in [9.17, 15) is 4.79 Å². The highest BCUT2D eigenvalue weighted by atomic mass is 32.1. The van der Waals surface area contributed by atoms with E-state index in [-0.39, 0.29) is 12.5 Å². The van der Waals surface area contributed by atoms with Crippen molar-refractivity contribution in [3.63, 3.8) is 0 Å². The number of carbonyl (C=O) groups is 1. The lowest BCUT2D eigenvalue weighted by molar-refractivity contribution is -0.119. The molecule has 0 radical (unpaired) electrons. The van der Waals surface area contributed by atoms with E-state index in [4.69, 9.17) is 0 Å². The summed E-state index contributed by atoms with van der Waals surface area (Å²) >= 11 is 1.62. The van der Waals surface area contributed by atoms with Crippen molar-refractivity contribution in [2.45, 2.75) is 13.1 Å². The van der Waals surface area contributed by atoms with Gasteiger partial charge in [-0.1, -0.05) is 18.2 Å². The topological polar surface area (TPSA) is 63.9 Å². The molecule has 2 heterocycles. The first-order chi connectivity index (χ1) is 10.3. The molecule has 0 saturated heterocycles. The summed E-state index contributed by atoms with van der Waals surface area (Å²) in [5, 5.41) is 14.9. The van der Waals surface area contributed by atoms with Gasteiger partial charge in [-0.05, 0) is 44.9 Å². The van der Waals surface area contributed by atoms with Crippen molar-refractivity contribution in [1.29, 1.82) is 0 Å². The van der Waals surface area contributed by atoms with Gasteiger partial charge in [0.05, 0.1) is 6.54 Å². The lowest BCUT2D eigenvalue weighted by Crippen LogP contribution is -2.33. The number of tetrazole rings is 1. The molecule has 0 saturated carbocycles. The molecule has 21 heavy (non-hydrogen) atoms. The summed E-state index contributed by atoms with van der Waals surface area (Å²) in [7, 11) is 0. The second-order valence-electron chi connectivity index (χ2n) is 4.45. The zero-order valence-corrected chi connectivity index (χ0v) is 12.0. The SMILES string of the molecule is O=C(Cn1cnnn1)N(Cc1ccsc1)c1ccccc1. The lowest BCUT2D eigenvalue weighted by Gasteiger charge is -2.22. The van der Waals surface area contributed by atoms with Gasteiger partial charge >= 0.3 is 0 Å². The summed E-state index contributed by atoms with van der Waals surface area (Å²) in [6.07, 6.45) is 1.44. The second-order valence-corrected chi connectivity index (χ2v) is 5.23. The van der Waals surface area contributed by atoms with E-state index in [1.165, 1.54) is 11.0 Å². The van der Waals surface area contributed by atoms with Crippen LogP contribution in [0.5, 0.6) is 0 Å². The van der Waals surface area contributed by atoms with E-state index in [1.807, 2.05) is 47.2 Å². The number of thiophene rings is 1. The summed E-state index contributed by atoms with van der Waals surface area (Å²) < 4.78 is 1.42. The number of anilines is 1. The van der Waals surface area contributed by atoms with E-state index in [0.717, 1.165) is 11.3 Å². The maximum absolute atomic E-state index is 12.6. The van der Waals surface area contributed by atoms with E-state index in [2.05, 4.69) is 15.5 Å². The van der Waals surface area contributed by atoms with Crippen LogP contribution in [0.4, 0.5) is 5.69 Å². The lowest BCUT2D eigenvalue weighted by atomic mass is 10.2. The predicted molar refractivity (Wildman–Crippen MR) is 79.8 cm³/mol. The quantitative estimate of drug-likeness (QED) is 0.722. The molecule has 6 nitrogen and oxygen atoms in total. The minimum atomic E-state index is -0.0558. The maximum atomic E-state index is 12.6. The van der Waals surface area contributed by atoms with Crippen molar-refractivity contribution in [3.05, 3.63) is 59.0 Å². The van der Waals surface area contributed by atoms with Gasteiger partial charge in [0.15, 0.2) is 0 Å². The highest BCUT2D eigenvalue weighted by molar-refractivity contribution is 7.07. The van der Waals surface area contributed by atoms with Gasteiger partial charge in [0.25, 0.3) is 0 Å². The van der Waals surface area contributed by atoms with Crippen LogP contribution in [0.15, 0.2) is 53.5 Å². The van der Waals surface area contributed by atoms with E-state index in [0.29, 0.717) is 6.54 Å². The Morgan fingerprint density at radius 2 is 2.10 bits per heavy atom. The highest BCUT2D eigenvalue weighted by Crippen LogP contribution is 2.18. The molecule has 0 aliphatic heterocycles. The molecule has 1 aromatic carbocycles. The third-order valence-corrected chi connectivity index (χ3v) is 3.71. The van der Waals surface area contributed by atoms with Crippen molar-refractivity contribution >= 4 is 22.9 Å². The molecule has 0 atom stereocenters. The first-order valence-corrected chi connectivity index (χ1v) is 7.34. The fourth-order valence-electron chi connectivity index (χ4n) is 1.97. The fourth-order valence-corrected chi connectivity index (χ4v) is 2.63. The van der Waals surface area contributed by atoms with E-state index in [1.54, 1.807) is 16.2 Å². The Hall–Kier alpha value is -2.54. The van der Waals surface area contributed by atoms with Crippen molar-refractivity contribution in [1.82, 2.24) is 20.2 Å². The van der Waals surface area contributed by atoms with Gasteiger partial charge in [0, 0.05) is 5.69 Å². The number of nitrogens with zero attached hydrogens (tertiary/aromatic N) is 5. The molecule has 7 heteroatoms. The number of carbonyl (C=O) groups excluding carboxylic acids is 1. The zero-order valence-electron chi connectivity index (χ0n) is 11.2. The number of hydrogen-bond acceptors (Lipinski definition) is 5. The molecule has 0 fully saturated rings. The van der Waals surface area contributed by atoms with Gasteiger partial charge in [0.1, 0.15) is 12.9 Å². The largest absolute Gasteiger partial charge is 0.306 e. The van der Waals surface area contributed by atoms with Crippen LogP contribution in [0.1, 0.15) is 5.56 Å². The Morgan fingerprint density at radius 1 is 1.24 bits per heavy atom. The Morgan fingerprint density at radius 3 is 2.76 bits per heavy atom. The van der Waals surface area contributed by atoms with Crippen molar-refractivity contribution in [3.8, 4) is 0 Å². The summed E-state index contributed by atoms with van der Waals surface area (Å²) in [5.74, 6) is -0.0558. The van der Waals surface area contributed by atoms with Gasteiger partial charge in [-0.2, -0.15) is 11.3 Å². The fraction of sp³-hybridized carbons (Fsp3) is 0.143. The molecule has 0 aliphatic carbocycles. The highest BCUT2D eigenvalue weighted by Gasteiger charge is 2.17. The number of aromatic nitrogens is 4. The number of benzene rings is 1. The Kier molecular flexibility index (Phi) is 4.02. The molecule has 106 valence electrons. The summed E-state index contributed by atoms with van der Waals surface area (Å²) in [5.41, 5.74) is 1.97. The molecule has 0 N–H and O–H groups in total. The number of amides is 1. The van der Waals surface area contributed by atoms with Gasteiger partial charge in [0.2, 0.25) is 5.91 Å². The molecule has 0 bridgehead atoms. The standard InChI is InChI=1S/C14H13N5OS/c20-14(9-18-11-15-16-17-18)19(8-12-6-7-21-10-12)13-4-2-1-3-5-13/h1-7,10-11H,8-9H2. The zero-order chi connectivity index (χ0) is 14.5. The van der Waals surface area contributed by atoms with Gasteiger partial charge in [-0.25, -0.2) is 4.68 Å². The van der Waals surface area contributed by atoms with Crippen LogP contribution in [0.25, 0.3) is 0 Å². The van der Waals surface area contributed by atoms with Crippen molar-refractivity contribution in [2.24, 2.45) is 0 Å². The minimum Gasteiger partial charge on any atom is -0.306 e. The molecule has 0 aliphatic rings. The molecule has 3 aromatic rings. The van der Waals surface area contributed by atoms with Crippen LogP contribution in [0.2, 0.25) is 0 Å². The van der Waals surface area contributed by atoms with Crippen molar-refractivity contribution in [2.75, 3.05) is 4.90 Å². The normalized spacial score (nSPS) is 10.5. The van der Waals surface area contributed by atoms with Crippen LogP contribution < -0.4 is 4.90 Å². The number of hydrogen-bond donors (Lipinski definition) is 0. The molecule has 0 spiro atoms. The Bertz CT molecular complexity index is 682. The summed E-state index contributed by atoms with van der Waals surface area (Å²) in [6.45, 7) is 0.653. The average Bonchev–Trinajstić information content (AvgIpc) is 3.19. The van der Waals surface area contributed by atoms with Crippen molar-refractivity contribution < 1.29 is 4.79 Å². The maximum Gasteiger partial charge on any atom is 0.249 e. The molecular formula is C14H13N5OS. The summed E-state index contributed by atoms with van der Waals surface area (Å²) in [6, 6.07) is 11.6. The minimum absolute atomic E-state index is 0.0558. The van der Waals surface area contributed by atoms with Crippen LogP contribution in [-0.2, 0) is 17.9 Å². The average molecular weight is 299 g/mol. The smallest absolute Gasteiger partial charge is 0.249 e. The van der Waals surface area contributed by atoms with Gasteiger partial charge in [-0.15, -0.1) is 5.10 Å². The molecule has 3 rings (SSSR count). The monoisotopic (exact) mass is 299 g/mol. The van der Waals surface area contributed by atoms with Crippen LogP contribution >= 0.6 is 11.3 Å². The second kappa shape index (κ2) is 6.27. The predicted octanol–water partition coefficient (Wildman–Crippen LogP) is 1.97. The molecule has 2 aromatic heterocycles. The number of para-hydroxylation sites is 1. The van der Waals surface area contributed by atoms with Crippen LogP contribution in [0.3, 0.4) is 0 Å². The summed E-state index contributed by atoms with van der Waals surface area (Å²) in [4.78, 5) is 14.3. The first-order valence-electron chi connectivity index (χ1n) is 6.40. The molecule has 0 unspecified atom stereocenters.